The molecule has 16 nitrogen and oxygen atoms in total. The molecule has 16 heteroatoms. The van der Waals surface area contributed by atoms with Gasteiger partial charge in [0.25, 0.3) is 0 Å². The Kier molecular flexibility index (Phi) is 12.1. The van der Waals surface area contributed by atoms with Gasteiger partial charge in [-0.05, 0) is 35.9 Å². The van der Waals surface area contributed by atoms with E-state index in [9.17, 15) is 40.2 Å². The fourth-order valence-corrected chi connectivity index (χ4v) is 5.20. The van der Waals surface area contributed by atoms with Gasteiger partial charge in [-0.1, -0.05) is 18.2 Å². The third-order valence-corrected chi connectivity index (χ3v) is 7.61. The number of esters is 2. The normalized spacial score (nSPS) is 30.6. The Morgan fingerprint density at radius 2 is 1.49 bits per heavy atom. The molecule has 0 aliphatic carbocycles. The van der Waals surface area contributed by atoms with E-state index in [2.05, 4.69) is 0 Å². The van der Waals surface area contributed by atoms with Crippen LogP contribution in [-0.2, 0) is 28.5 Å². The fourth-order valence-electron chi connectivity index (χ4n) is 5.20. The summed E-state index contributed by atoms with van der Waals surface area (Å²) in [5.41, 5.74) is 0.568. The van der Waals surface area contributed by atoms with Crippen molar-refractivity contribution in [3.8, 4) is 17.2 Å². The minimum atomic E-state index is -2.44. The van der Waals surface area contributed by atoms with Gasteiger partial charge in [-0.15, -0.1) is 0 Å². The van der Waals surface area contributed by atoms with Gasteiger partial charge >= 0.3 is 11.9 Å². The van der Waals surface area contributed by atoms with Crippen molar-refractivity contribution < 1.29 is 78.1 Å². The smallest absolute Gasteiger partial charge is 0.338 e. The lowest BCUT2D eigenvalue weighted by atomic mass is 9.98. The van der Waals surface area contributed by atoms with Gasteiger partial charge in [0.15, 0.2) is 30.0 Å². The lowest BCUT2D eigenvalue weighted by Gasteiger charge is -2.44. The van der Waals surface area contributed by atoms with Crippen molar-refractivity contribution in [3.63, 3.8) is 0 Å². The molecular weight excluding hydrogens is 628 g/mol. The van der Waals surface area contributed by atoms with Crippen LogP contribution in [0, 0.1) is 0 Å². The molecule has 4 rings (SSSR count). The maximum Gasteiger partial charge on any atom is 0.338 e. The van der Waals surface area contributed by atoms with E-state index in [0.717, 1.165) is 6.08 Å². The van der Waals surface area contributed by atoms with Gasteiger partial charge in [0.1, 0.15) is 37.1 Å². The number of carbonyl (C=O) groups excluding carboxylic acids is 2. The Balaban J connectivity index is 1.53. The fraction of sp³-hybridized carbons (Fsp3) is 0.484. The van der Waals surface area contributed by atoms with Crippen LogP contribution in [0.2, 0.25) is 0 Å². The first-order valence-electron chi connectivity index (χ1n) is 14.4. The summed E-state index contributed by atoms with van der Waals surface area (Å²) in [6.07, 6.45) is -11.4. The topological polar surface area (TPSA) is 229 Å². The molecule has 9 atom stereocenters. The molecule has 47 heavy (non-hydrogen) atoms. The number of ether oxygens (including phenoxy) is 8. The first-order valence-corrected chi connectivity index (χ1v) is 14.4. The molecule has 0 amide bonds. The van der Waals surface area contributed by atoms with E-state index < -0.39 is 86.6 Å². The maximum atomic E-state index is 13.0. The summed E-state index contributed by atoms with van der Waals surface area (Å²) in [6, 6.07) is 10.9. The van der Waals surface area contributed by atoms with Gasteiger partial charge in [-0.2, -0.15) is 0 Å². The summed E-state index contributed by atoms with van der Waals surface area (Å²) < 4.78 is 43.5. The van der Waals surface area contributed by atoms with Crippen molar-refractivity contribution in [1.82, 2.24) is 0 Å². The number of hydrogen-bond acceptors (Lipinski definition) is 16. The van der Waals surface area contributed by atoms with Crippen LogP contribution in [0.15, 0.2) is 48.5 Å². The highest BCUT2D eigenvalue weighted by atomic mass is 16.8. The van der Waals surface area contributed by atoms with Gasteiger partial charge in [-0.3, -0.25) is 0 Å². The van der Waals surface area contributed by atoms with Crippen molar-refractivity contribution in [2.24, 2.45) is 0 Å². The Labute approximate surface area is 269 Å². The molecular formula is C31H38O16. The van der Waals surface area contributed by atoms with E-state index in [1.54, 1.807) is 30.3 Å². The molecule has 2 fully saturated rings. The third kappa shape index (κ3) is 7.67. The van der Waals surface area contributed by atoms with Crippen LogP contribution in [0.25, 0.3) is 6.08 Å². The Bertz CT molecular complexity index is 1360. The number of aliphatic hydroxyl groups is 6. The van der Waals surface area contributed by atoms with Crippen molar-refractivity contribution in [2.45, 2.75) is 54.8 Å². The zero-order chi connectivity index (χ0) is 34.3. The SMILES string of the molecule is COc1cc(C=CC(=O)OC2C(O)C(CO)OC2(CO)OC2OC(CO)C(OC(=O)c3ccccc3)C(O)C2O)cc(OC)c1OC. The summed E-state index contributed by atoms with van der Waals surface area (Å²) in [7, 11) is 4.26. The van der Waals surface area contributed by atoms with Crippen LogP contribution >= 0.6 is 0 Å². The number of benzene rings is 2. The Morgan fingerprint density at radius 1 is 0.851 bits per heavy atom. The second kappa shape index (κ2) is 15.8. The summed E-state index contributed by atoms with van der Waals surface area (Å²) in [5, 5.41) is 62.8. The van der Waals surface area contributed by atoms with Crippen LogP contribution in [0.5, 0.6) is 17.2 Å². The first kappa shape index (κ1) is 36.0. The number of rotatable bonds is 13. The molecule has 0 radical (unpaired) electrons. The summed E-state index contributed by atoms with van der Waals surface area (Å²) >= 11 is 0. The third-order valence-electron chi connectivity index (χ3n) is 7.61. The highest BCUT2D eigenvalue weighted by Crippen LogP contribution is 2.40. The quantitative estimate of drug-likeness (QED) is 0.108. The van der Waals surface area contributed by atoms with E-state index in [4.69, 9.17) is 37.9 Å². The highest BCUT2D eigenvalue weighted by molar-refractivity contribution is 5.89. The van der Waals surface area contributed by atoms with E-state index in [1.165, 1.54) is 39.5 Å². The molecule has 0 spiro atoms. The van der Waals surface area contributed by atoms with Crippen LogP contribution in [-0.4, -0.2) is 139 Å². The van der Waals surface area contributed by atoms with Crippen LogP contribution in [0.1, 0.15) is 15.9 Å². The van der Waals surface area contributed by atoms with Gasteiger partial charge in [0.05, 0.1) is 40.1 Å². The van der Waals surface area contributed by atoms with Crippen molar-refractivity contribution in [1.29, 1.82) is 0 Å². The van der Waals surface area contributed by atoms with E-state index in [1.807, 2.05) is 0 Å². The van der Waals surface area contributed by atoms with Crippen molar-refractivity contribution in [3.05, 3.63) is 59.7 Å². The molecule has 9 unspecified atom stereocenters. The molecule has 258 valence electrons. The average molecular weight is 667 g/mol. The monoisotopic (exact) mass is 666 g/mol. The predicted molar refractivity (Wildman–Crippen MR) is 157 cm³/mol. The first-order chi connectivity index (χ1) is 22.6. The summed E-state index contributed by atoms with van der Waals surface area (Å²) in [5.74, 6) is -3.41. The molecule has 2 aromatic rings. The second-order valence-corrected chi connectivity index (χ2v) is 10.5. The van der Waals surface area contributed by atoms with E-state index in [0.29, 0.717) is 22.8 Å². The zero-order valence-corrected chi connectivity index (χ0v) is 25.7. The average Bonchev–Trinajstić information content (AvgIpc) is 3.36. The molecule has 2 aliphatic rings. The minimum absolute atomic E-state index is 0.135. The molecule has 0 bridgehead atoms. The molecule has 2 saturated heterocycles. The van der Waals surface area contributed by atoms with Crippen LogP contribution in [0.4, 0.5) is 0 Å². The Hall–Kier alpha value is -3.84. The largest absolute Gasteiger partial charge is 0.493 e. The summed E-state index contributed by atoms with van der Waals surface area (Å²) in [4.78, 5) is 25.6. The molecule has 2 heterocycles. The van der Waals surface area contributed by atoms with Gasteiger partial charge in [-0.25, -0.2) is 9.59 Å². The molecule has 6 N–H and O–H groups in total. The van der Waals surface area contributed by atoms with Gasteiger partial charge in [0, 0.05) is 6.08 Å². The van der Waals surface area contributed by atoms with Gasteiger partial charge < -0.3 is 68.5 Å². The standard InChI is InChI=1S/C31H38O16/c1-40-18-11-16(12-19(41-2)26(18)42-3)9-10-22(35)44-28-23(36)20(13-32)46-31(28,15-34)47-30-25(38)24(37)27(21(14-33)43-30)45-29(39)17-7-5-4-6-8-17/h4-12,20-21,23-25,27-28,30,32-34,36-38H,13-15H2,1-3H3. The number of hydrogen-bond donors (Lipinski definition) is 6. The van der Waals surface area contributed by atoms with Crippen molar-refractivity contribution in [2.75, 3.05) is 41.2 Å². The van der Waals surface area contributed by atoms with E-state index >= 15 is 0 Å². The zero-order valence-electron chi connectivity index (χ0n) is 25.7. The molecule has 0 saturated carbocycles. The molecule has 0 aromatic heterocycles. The minimum Gasteiger partial charge on any atom is -0.493 e. The maximum absolute atomic E-state index is 13.0. The predicted octanol–water partition coefficient (Wildman–Crippen LogP) is -1.24. The van der Waals surface area contributed by atoms with E-state index in [-0.39, 0.29) is 5.56 Å². The van der Waals surface area contributed by atoms with Gasteiger partial charge in [0.2, 0.25) is 11.5 Å². The number of methoxy groups -OCH3 is 3. The van der Waals surface area contributed by atoms with Crippen molar-refractivity contribution >= 4 is 18.0 Å². The lowest BCUT2D eigenvalue weighted by molar-refractivity contribution is -0.383. The summed E-state index contributed by atoms with van der Waals surface area (Å²) in [6.45, 7) is -2.71. The molecule has 2 aromatic carbocycles. The number of aliphatic hydroxyl groups excluding tert-OH is 6. The molecule has 2 aliphatic heterocycles. The highest BCUT2D eigenvalue weighted by Gasteiger charge is 2.61. The Morgan fingerprint density at radius 3 is 2.04 bits per heavy atom. The van der Waals surface area contributed by atoms with Crippen LogP contribution in [0.3, 0.4) is 0 Å². The van der Waals surface area contributed by atoms with Crippen LogP contribution < -0.4 is 14.2 Å². The lowest BCUT2D eigenvalue weighted by Crippen LogP contribution is -2.63. The number of carbonyl (C=O) groups is 2. The second-order valence-electron chi connectivity index (χ2n) is 10.5.